The van der Waals surface area contributed by atoms with E-state index in [1.54, 1.807) is 17.0 Å². The maximum Gasteiger partial charge on any atom is 0.409 e. The van der Waals surface area contributed by atoms with E-state index in [9.17, 15) is 22.8 Å². The fraction of sp³-hybridized carbons (Fsp3) is 0.300. The zero-order valence-electron chi connectivity index (χ0n) is 14.9. The molecule has 2 aliphatic rings. The van der Waals surface area contributed by atoms with Crippen LogP contribution in [0.25, 0.3) is 0 Å². The molecular weight excluding hydrogens is 371 g/mol. The molecule has 8 heteroatoms. The number of carbonyl (C=O) groups is 2. The lowest BCUT2D eigenvalue weighted by Gasteiger charge is -2.33. The smallest absolute Gasteiger partial charge is 0.362 e. The molecule has 0 radical (unpaired) electrons. The summed E-state index contributed by atoms with van der Waals surface area (Å²) in [7, 11) is 0. The molecule has 2 aromatic rings. The summed E-state index contributed by atoms with van der Waals surface area (Å²) in [6.07, 6.45) is -4.82. The quantitative estimate of drug-likeness (QED) is 0.857. The number of halogens is 3. The van der Waals surface area contributed by atoms with Gasteiger partial charge < -0.3 is 10.2 Å². The molecule has 2 aromatic carbocycles. The highest BCUT2D eigenvalue weighted by Gasteiger charge is 2.49. The molecular formula is C20H18F3N3O2. The van der Waals surface area contributed by atoms with E-state index in [0.29, 0.717) is 6.54 Å². The summed E-state index contributed by atoms with van der Waals surface area (Å²) in [6.45, 7) is 0.376. The summed E-state index contributed by atoms with van der Waals surface area (Å²) in [5.41, 5.74) is 2.19. The highest BCUT2D eigenvalue weighted by molar-refractivity contribution is 6.06. The Hall–Kier alpha value is -3.03. The minimum Gasteiger partial charge on any atom is -0.362 e. The van der Waals surface area contributed by atoms with Gasteiger partial charge in [0.15, 0.2) is 0 Å². The standard InChI is InChI=1S/C20H18F3N3O2/c21-20(22,23)17-11-18(27)24-14-6-2-4-8-16(14)26(17)19(28)12-25-10-9-13-5-1-3-7-15(13)25/h1-8,17H,9-12H2,(H,24,27)/t17-/m1/s1. The predicted octanol–water partition coefficient (Wildman–Crippen LogP) is 3.36. The first-order valence-corrected chi connectivity index (χ1v) is 8.95. The van der Waals surface area contributed by atoms with E-state index in [-0.39, 0.29) is 17.9 Å². The van der Waals surface area contributed by atoms with Crippen molar-refractivity contribution in [3.05, 3.63) is 54.1 Å². The minimum atomic E-state index is -4.73. The molecule has 2 heterocycles. The predicted molar refractivity (Wildman–Crippen MR) is 99.4 cm³/mol. The van der Waals surface area contributed by atoms with Crippen molar-refractivity contribution in [1.82, 2.24) is 0 Å². The van der Waals surface area contributed by atoms with Crippen LogP contribution in [0.4, 0.5) is 30.2 Å². The van der Waals surface area contributed by atoms with E-state index in [1.165, 1.54) is 12.1 Å². The van der Waals surface area contributed by atoms with Gasteiger partial charge in [-0.05, 0) is 30.2 Å². The van der Waals surface area contributed by atoms with Gasteiger partial charge in [-0.1, -0.05) is 30.3 Å². The second kappa shape index (κ2) is 6.85. The molecule has 5 nitrogen and oxygen atoms in total. The summed E-state index contributed by atoms with van der Waals surface area (Å²) >= 11 is 0. The maximum atomic E-state index is 13.8. The number of rotatable bonds is 2. The van der Waals surface area contributed by atoms with Crippen LogP contribution in [-0.2, 0) is 16.0 Å². The number of carbonyl (C=O) groups excluding carboxylic acids is 2. The molecule has 4 rings (SSSR count). The first-order chi connectivity index (χ1) is 13.3. The van der Waals surface area contributed by atoms with Gasteiger partial charge in [-0.3, -0.25) is 14.5 Å². The third-order valence-electron chi connectivity index (χ3n) is 5.08. The zero-order valence-corrected chi connectivity index (χ0v) is 14.9. The molecule has 0 fully saturated rings. The summed E-state index contributed by atoms with van der Waals surface area (Å²) in [5, 5.41) is 2.47. The van der Waals surface area contributed by atoms with Gasteiger partial charge >= 0.3 is 6.18 Å². The van der Waals surface area contributed by atoms with Crippen molar-refractivity contribution in [2.45, 2.75) is 25.1 Å². The molecule has 0 spiro atoms. The average Bonchev–Trinajstić information content (AvgIpc) is 2.97. The largest absolute Gasteiger partial charge is 0.409 e. The highest BCUT2D eigenvalue weighted by atomic mass is 19.4. The van der Waals surface area contributed by atoms with Gasteiger partial charge in [0.05, 0.1) is 24.3 Å². The van der Waals surface area contributed by atoms with Crippen molar-refractivity contribution in [3.8, 4) is 0 Å². The van der Waals surface area contributed by atoms with E-state index < -0.39 is 30.5 Å². The summed E-state index contributed by atoms with van der Waals surface area (Å²) in [4.78, 5) is 27.6. The number of amides is 2. The normalized spacial score (nSPS) is 19.0. The fourth-order valence-corrected chi connectivity index (χ4v) is 3.81. The van der Waals surface area contributed by atoms with Gasteiger partial charge in [0.25, 0.3) is 0 Å². The van der Waals surface area contributed by atoms with Crippen LogP contribution in [0.5, 0.6) is 0 Å². The molecule has 2 amide bonds. The van der Waals surface area contributed by atoms with Crippen LogP contribution < -0.4 is 15.1 Å². The van der Waals surface area contributed by atoms with Crippen molar-refractivity contribution in [2.75, 3.05) is 28.2 Å². The molecule has 1 atom stereocenters. The molecule has 0 aromatic heterocycles. The number of nitrogens with one attached hydrogen (secondary N) is 1. The lowest BCUT2D eigenvalue weighted by molar-refractivity contribution is -0.157. The van der Waals surface area contributed by atoms with E-state index in [0.717, 1.165) is 22.6 Å². The summed E-state index contributed by atoms with van der Waals surface area (Å²) < 4.78 is 41.3. The Kier molecular flexibility index (Phi) is 4.49. The molecule has 146 valence electrons. The number of para-hydroxylation sites is 3. The molecule has 0 unspecified atom stereocenters. The number of fused-ring (bicyclic) bond motifs is 2. The van der Waals surface area contributed by atoms with Gasteiger partial charge in [0.2, 0.25) is 11.8 Å². The Morgan fingerprint density at radius 3 is 2.50 bits per heavy atom. The van der Waals surface area contributed by atoms with E-state index in [4.69, 9.17) is 0 Å². The van der Waals surface area contributed by atoms with Gasteiger partial charge in [-0.15, -0.1) is 0 Å². The molecule has 2 aliphatic heterocycles. The topological polar surface area (TPSA) is 52.7 Å². The monoisotopic (exact) mass is 389 g/mol. The third kappa shape index (κ3) is 3.30. The van der Waals surface area contributed by atoms with Gasteiger partial charge in [0, 0.05) is 12.2 Å². The number of hydrogen-bond donors (Lipinski definition) is 1. The third-order valence-corrected chi connectivity index (χ3v) is 5.08. The van der Waals surface area contributed by atoms with E-state index in [2.05, 4.69) is 5.32 Å². The Balaban J connectivity index is 1.70. The van der Waals surface area contributed by atoms with Crippen molar-refractivity contribution in [1.29, 1.82) is 0 Å². The fourth-order valence-electron chi connectivity index (χ4n) is 3.81. The average molecular weight is 389 g/mol. The molecule has 1 N–H and O–H groups in total. The number of anilines is 3. The molecule has 0 aliphatic carbocycles. The van der Waals surface area contributed by atoms with Crippen molar-refractivity contribution in [3.63, 3.8) is 0 Å². The van der Waals surface area contributed by atoms with Crippen LogP contribution in [0.15, 0.2) is 48.5 Å². The first kappa shape index (κ1) is 18.3. The number of benzene rings is 2. The molecule has 0 saturated heterocycles. The Morgan fingerprint density at radius 1 is 1.07 bits per heavy atom. The minimum absolute atomic E-state index is 0.0631. The highest BCUT2D eigenvalue weighted by Crippen LogP contribution is 2.38. The lowest BCUT2D eigenvalue weighted by atomic mass is 10.1. The van der Waals surface area contributed by atoms with Crippen molar-refractivity contribution >= 4 is 28.9 Å². The zero-order chi connectivity index (χ0) is 19.9. The van der Waals surface area contributed by atoms with Crippen LogP contribution in [0, 0.1) is 0 Å². The molecule has 28 heavy (non-hydrogen) atoms. The van der Waals surface area contributed by atoms with Gasteiger partial charge in [-0.2, -0.15) is 13.2 Å². The van der Waals surface area contributed by atoms with Crippen LogP contribution in [0.1, 0.15) is 12.0 Å². The van der Waals surface area contributed by atoms with Crippen LogP contribution >= 0.6 is 0 Å². The number of hydrogen-bond acceptors (Lipinski definition) is 3. The van der Waals surface area contributed by atoms with Gasteiger partial charge in [-0.25, -0.2) is 0 Å². The summed E-state index contributed by atoms with van der Waals surface area (Å²) in [6, 6.07) is 11.4. The van der Waals surface area contributed by atoms with Crippen LogP contribution in [0.2, 0.25) is 0 Å². The lowest BCUT2D eigenvalue weighted by Crippen LogP contribution is -2.52. The second-order valence-corrected chi connectivity index (χ2v) is 6.89. The van der Waals surface area contributed by atoms with Gasteiger partial charge in [0.1, 0.15) is 6.04 Å². The second-order valence-electron chi connectivity index (χ2n) is 6.89. The Morgan fingerprint density at radius 2 is 1.75 bits per heavy atom. The molecule has 0 saturated carbocycles. The first-order valence-electron chi connectivity index (χ1n) is 8.95. The number of nitrogens with zero attached hydrogens (tertiary/aromatic N) is 2. The molecule has 0 bridgehead atoms. The summed E-state index contributed by atoms with van der Waals surface area (Å²) in [5.74, 6) is -1.46. The Bertz CT molecular complexity index is 929. The van der Waals surface area contributed by atoms with Crippen molar-refractivity contribution < 1.29 is 22.8 Å². The van der Waals surface area contributed by atoms with Crippen LogP contribution in [0.3, 0.4) is 0 Å². The van der Waals surface area contributed by atoms with E-state index >= 15 is 0 Å². The van der Waals surface area contributed by atoms with Crippen molar-refractivity contribution in [2.24, 2.45) is 0 Å². The maximum absolute atomic E-state index is 13.8. The van der Waals surface area contributed by atoms with Crippen LogP contribution in [-0.4, -0.2) is 37.1 Å². The van der Waals surface area contributed by atoms with E-state index in [1.807, 2.05) is 24.3 Å². The Labute approximate surface area is 159 Å². The SMILES string of the molecule is O=C1C[C@H](C(F)(F)F)N(C(=O)CN2CCc3ccccc32)c2ccccc2N1. The number of alkyl halides is 3.